The lowest BCUT2D eigenvalue weighted by molar-refractivity contribution is -0.122. The normalized spacial score (nSPS) is 14.3. The third-order valence-corrected chi connectivity index (χ3v) is 2.81. The molecule has 0 bridgehead atoms. The molecule has 8 nitrogen and oxygen atoms in total. The van der Waals surface area contributed by atoms with Gasteiger partial charge >= 0.3 is 0 Å². The van der Waals surface area contributed by atoms with E-state index in [9.17, 15) is 9.59 Å². The average molecular weight is 267 g/mol. The number of amides is 2. The fourth-order valence-electron chi connectivity index (χ4n) is 1.71. The number of nitrogens with zero attached hydrogens (tertiary/aromatic N) is 1. The van der Waals surface area contributed by atoms with Crippen molar-refractivity contribution in [2.24, 2.45) is 5.73 Å². The maximum atomic E-state index is 11.8. The van der Waals surface area contributed by atoms with Gasteiger partial charge in [0.1, 0.15) is 6.61 Å². The molecule has 19 heavy (non-hydrogen) atoms. The molecule has 1 aromatic heterocycles. The number of hydrogen-bond acceptors (Lipinski definition) is 5. The third-order valence-electron chi connectivity index (χ3n) is 2.81. The molecule has 1 fully saturated rings. The van der Waals surface area contributed by atoms with Crippen LogP contribution in [0.1, 0.15) is 34.9 Å². The van der Waals surface area contributed by atoms with Crippen LogP contribution >= 0.6 is 0 Å². The lowest BCUT2D eigenvalue weighted by Crippen LogP contribution is -2.29. The summed E-state index contributed by atoms with van der Waals surface area (Å²) in [7, 11) is 0. The predicted octanol–water partition coefficient (Wildman–Crippen LogP) is -0.899. The number of hydrogen-bond donors (Lipinski definition) is 4. The van der Waals surface area contributed by atoms with Crippen LogP contribution in [-0.4, -0.2) is 41.8 Å². The van der Waals surface area contributed by atoms with Gasteiger partial charge in [-0.1, -0.05) is 0 Å². The first-order valence-electron chi connectivity index (χ1n) is 6.07. The predicted molar refractivity (Wildman–Crippen MR) is 67.3 cm³/mol. The Hall–Kier alpha value is -2.09. The number of ether oxygens (including phenoxy) is 1. The number of aromatic amines is 1. The van der Waals surface area contributed by atoms with E-state index >= 15 is 0 Å². The van der Waals surface area contributed by atoms with E-state index in [4.69, 9.17) is 16.2 Å². The number of carbonyl (C=O) groups is 2. The third kappa shape index (κ3) is 3.44. The van der Waals surface area contributed by atoms with Crippen LogP contribution in [0.3, 0.4) is 0 Å². The van der Waals surface area contributed by atoms with E-state index in [0.717, 1.165) is 18.5 Å². The standard InChI is InChI=1S/C11H17N5O3/c12-7(17)5-19-4-3-14-11(18)10-8(13)9(15-16-10)6-1-2-6/h6H,1-5,13H2,(H2,12,17)(H,14,18)(H,15,16). The van der Waals surface area contributed by atoms with Crippen LogP contribution in [0.25, 0.3) is 0 Å². The summed E-state index contributed by atoms with van der Waals surface area (Å²) in [5.41, 5.74) is 12.2. The Morgan fingerprint density at radius 1 is 1.47 bits per heavy atom. The largest absolute Gasteiger partial charge is 0.395 e. The van der Waals surface area contributed by atoms with Gasteiger partial charge in [-0.25, -0.2) is 0 Å². The minimum absolute atomic E-state index is 0.160. The number of anilines is 1. The number of H-pyrrole nitrogens is 1. The molecule has 1 aliphatic rings. The van der Waals surface area contributed by atoms with Gasteiger partial charge in [-0.15, -0.1) is 0 Å². The number of primary amides is 1. The molecule has 1 heterocycles. The van der Waals surface area contributed by atoms with Gasteiger partial charge in [-0.2, -0.15) is 5.10 Å². The monoisotopic (exact) mass is 267 g/mol. The summed E-state index contributed by atoms with van der Waals surface area (Å²) in [6.45, 7) is 0.303. The highest BCUT2D eigenvalue weighted by Crippen LogP contribution is 2.42. The van der Waals surface area contributed by atoms with E-state index in [1.165, 1.54) is 0 Å². The summed E-state index contributed by atoms with van der Waals surface area (Å²) in [4.78, 5) is 22.2. The van der Waals surface area contributed by atoms with Crippen molar-refractivity contribution in [1.29, 1.82) is 0 Å². The molecular weight excluding hydrogens is 250 g/mol. The molecule has 2 rings (SSSR count). The van der Waals surface area contributed by atoms with Gasteiger partial charge in [0.2, 0.25) is 5.91 Å². The highest BCUT2D eigenvalue weighted by molar-refractivity contribution is 5.97. The lowest BCUT2D eigenvalue weighted by atomic mass is 10.2. The van der Waals surface area contributed by atoms with E-state index in [0.29, 0.717) is 11.6 Å². The molecular formula is C11H17N5O3. The molecule has 104 valence electrons. The molecule has 1 saturated carbocycles. The average Bonchev–Trinajstić information content (AvgIpc) is 3.12. The van der Waals surface area contributed by atoms with Crippen LogP contribution < -0.4 is 16.8 Å². The summed E-state index contributed by atoms with van der Waals surface area (Å²) in [5, 5.41) is 9.34. The van der Waals surface area contributed by atoms with Crippen LogP contribution in [-0.2, 0) is 9.53 Å². The zero-order valence-electron chi connectivity index (χ0n) is 10.4. The van der Waals surface area contributed by atoms with E-state index < -0.39 is 5.91 Å². The van der Waals surface area contributed by atoms with Crippen molar-refractivity contribution in [3.05, 3.63) is 11.4 Å². The first-order valence-corrected chi connectivity index (χ1v) is 6.07. The van der Waals surface area contributed by atoms with Crippen LogP contribution in [0.5, 0.6) is 0 Å². The smallest absolute Gasteiger partial charge is 0.274 e. The second-order valence-electron chi connectivity index (χ2n) is 4.45. The molecule has 6 N–H and O–H groups in total. The van der Waals surface area contributed by atoms with Crippen LogP contribution in [0, 0.1) is 0 Å². The van der Waals surface area contributed by atoms with Gasteiger partial charge < -0.3 is 21.5 Å². The summed E-state index contributed by atoms with van der Waals surface area (Å²) in [6, 6.07) is 0. The summed E-state index contributed by atoms with van der Waals surface area (Å²) in [6.07, 6.45) is 2.16. The van der Waals surface area contributed by atoms with Crippen molar-refractivity contribution < 1.29 is 14.3 Å². The number of nitrogens with two attached hydrogens (primary N) is 2. The second-order valence-corrected chi connectivity index (χ2v) is 4.45. The zero-order valence-corrected chi connectivity index (χ0v) is 10.4. The molecule has 0 spiro atoms. The Morgan fingerprint density at radius 2 is 2.21 bits per heavy atom. The van der Waals surface area contributed by atoms with Crippen LogP contribution in [0.2, 0.25) is 0 Å². The molecule has 0 aliphatic heterocycles. The molecule has 1 aliphatic carbocycles. The van der Waals surface area contributed by atoms with Gasteiger partial charge in [0.05, 0.1) is 18.0 Å². The van der Waals surface area contributed by atoms with Crippen LogP contribution in [0.15, 0.2) is 0 Å². The summed E-state index contributed by atoms with van der Waals surface area (Å²) in [5.74, 6) is -0.492. The molecule has 8 heteroatoms. The van der Waals surface area contributed by atoms with Gasteiger partial charge in [-0.3, -0.25) is 14.7 Å². The van der Waals surface area contributed by atoms with Gasteiger partial charge in [0, 0.05) is 12.5 Å². The van der Waals surface area contributed by atoms with E-state index in [1.54, 1.807) is 0 Å². The maximum Gasteiger partial charge on any atom is 0.274 e. The van der Waals surface area contributed by atoms with Crippen molar-refractivity contribution in [3.63, 3.8) is 0 Å². The van der Waals surface area contributed by atoms with E-state index in [-0.39, 0.29) is 31.4 Å². The Kier molecular flexibility index (Phi) is 4.00. The Labute approximate surface area is 109 Å². The number of nitrogen functional groups attached to an aromatic ring is 1. The molecule has 2 amide bonds. The van der Waals surface area contributed by atoms with E-state index in [1.807, 2.05) is 0 Å². The molecule has 0 atom stereocenters. The van der Waals surface area contributed by atoms with Crippen molar-refractivity contribution in [3.8, 4) is 0 Å². The van der Waals surface area contributed by atoms with Gasteiger partial charge in [0.25, 0.3) is 5.91 Å². The highest BCUT2D eigenvalue weighted by atomic mass is 16.5. The minimum atomic E-state index is -0.544. The Morgan fingerprint density at radius 3 is 2.84 bits per heavy atom. The van der Waals surface area contributed by atoms with Crippen molar-refractivity contribution in [2.75, 3.05) is 25.5 Å². The molecule has 1 aromatic rings. The van der Waals surface area contributed by atoms with Crippen LogP contribution in [0.4, 0.5) is 5.69 Å². The number of aromatic nitrogens is 2. The molecule has 0 radical (unpaired) electrons. The Balaban J connectivity index is 1.78. The first kappa shape index (κ1) is 13.3. The quantitative estimate of drug-likeness (QED) is 0.475. The number of rotatable bonds is 7. The fourth-order valence-corrected chi connectivity index (χ4v) is 1.71. The van der Waals surface area contributed by atoms with E-state index in [2.05, 4.69) is 15.5 Å². The number of nitrogens with one attached hydrogen (secondary N) is 2. The molecule has 0 aromatic carbocycles. The first-order chi connectivity index (χ1) is 9.09. The highest BCUT2D eigenvalue weighted by Gasteiger charge is 2.30. The summed E-state index contributed by atoms with van der Waals surface area (Å²) < 4.78 is 4.92. The molecule has 0 unspecified atom stereocenters. The van der Waals surface area contributed by atoms with Crippen molar-refractivity contribution in [1.82, 2.24) is 15.5 Å². The Bertz CT molecular complexity index is 481. The SMILES string of the molecule is NC(=O)COCCNC(=O)c1n[nH]c(C2CC2)c1N. The topological polar surface area (TPSA) is 136 Å². The second kappa shape index (κ2) is 5.70. The minimum Gasteiger partial charge on any atom is -0.395 e. The lowest BCUT2D eigenvalue weighted by Gasteiger charge is -2.04. The fraction of sp³-hybridized carbons (Fsp3) is 0.545. The van der Waals surface area contributed by atoms with Crippen molar-refractivity contribution in [2.45, 2.75) is 18.8 Å². The van der Waals surface area contributed by atoms with Crippen molar-refractivity contribution >= 4 is 17.5 Å². The number of carbonyl (C=O) groups excluding carboxylic acids is 2. The zero-order chi connectivity index (χ0) is 13.8. The molecule has 0 saturated heterocycles. The van der Waals surface area contributed by atoms with Gasteiger partial charge in [0.15, 0.2) is 5.69 Å². The van der Waals surface area contributed by atoms with Gasteiger partial charge in [-0.05, 0) is 12.8 Å². The summed E-state index contributed by atoms with van der Waals surface area (Å²) >= 11 is 0. The maximum absolute atomic E-state index is 11.8.